The minimum absolute atomic E-state index is 0.0759. The van der Waals surface area contributed by atoms with E-state index in [-0.39, 0.29) is 18.4 Å². The van der Waals surface area contributed by atoms with E-state index in [2.05, 4.69) is 5.32 Å². The zero-order valence-corrected chi connectivity index (χ0v) is 16.1. The number of hydrogen-bond acceptors (Lipinski definition) is 3. The molecule has 5 nitrogen and oxygen atoms in total. The molecule has 0 aliphatic carbocycles. The van der Waals surface area contributed by atoms with Gasteiger partial charge in [-0.2, -0.15) is 0 Å². The lowest BCUT2D eigenvalue weighted by molar-refractivity contribution is -0.118. The Morgan fingerprint density at radius 3 is 2.50 bits per heavy atom. The van der Waals surface area contributed by atoms with E-state index >= 15 is 0 Å². The molecule has 7 heteroatoms. The average molecular weight is 395 g/mol. The van der Waals surface area contributed by atoms with Gasteiger partial charge in [0.1, 0.15) is 5.75 Å². The quantitative estimate of drug-likeness (QED) is 0.752. The molecule has 0 radical (unpaired) electrons. The van der Waals surface area contributed by atoms with Crippen LogP contribution in [0.25, 0.3) is 0 Å². The van der Waals surface area contributed by atoms with Crippen LogP contribution in [-0.4, -0.2) is 36.4 Å². The van der Waals surface area contributed by atoms with E-state index in [1.165, 1.54) is 0 Å². The van der Waals surface area contributed by atoms with Crippen LogP contribution in [0.3, 0.4) is 0 Å². The third-order valence-corrected chi connectivity index (χ3v) is 4.24. The van der Waals surface area contributed by atoms with Gasteiger partial charge in [0.05, 0.1) is 5.02 Å². The second-order valence-electron chi connectivity index (χ2n) is 5.47. The number of carbonyl (C=O) groups excluding carboxylic acids is 2. The molecule has 0 unspecified atom stereocenters. The number of ether oxygens (including phenoxy) is 1. The molecule has 0 bridgehead atoms. The van der Waals surface area contributed by atoms with Crippen molar-refractivity contribution in [2.45, 2.75) is 13.8 Å². The van der Waals surface area contributed by atoms with E-state index in [0.29, 0.717) is 40.1 Å². The van der Waals surface area contributed by atoms with Gasteiger partial charge in [0.25, 0.3) is 11.8 Å². The first-order valence-corrected chi connectivity index (χ1v) is 8.97. The minimum Gasteiger partial charge on any atom is -0.482 e. The maximum Gasteiger partial charge on any atom is 0.262 e. The van der Waals surface area contributed by atoms with Gasteiger partial charge in [-0.05, 0) is 44.2 Å². The Morgan fingerprint density at radius 1 is 1.08 bits per heavy atom. The van der Waals surface area contributed by atoms with Crippen molar-refractivity contribution in [1.82, 2.24) is 4.90 Å². The average Bonchev–Trinajstić information content (AvgIpc) is 2.63. The molecule has 138 valence electrons. The van der Waals surface area contributed by atoms with Crippen molar-refractivity contribution in [2.24, 2.45) is 0 Å². The first kappa shape index (κ1) is 20.1. The van der Waals surface area contributed by atoms with Crippen LogP contribution < -0.4 is 10.1 Å². The predicted octanol–water partition coefficient (Wildman–Crippen LogP) is 4.49. The van der Waals surface area contributed by atoms with Gasteiger partial charge < -0.3 is 15.0 Å². The molecule has 0 saturated carbocycles. The highest BCUT2D eigenvalue weighted by Gasteiger charge is 2.13. The molecule has 0 fully saturated rings. The SMILES string of the molecule is CCN(CC)C(=O)c1cccc(NC(=O)COc2cc(Cl)ccc2Cl)c1. The molecule has 0 saturated heterocycles. The molecule has 2 amide bonds. The summed E-state index contributed by atoms with van der Waals surface area (Å²) in [6, 6.07) is 11.6. The second kappa shape index (κ2) is 9.46. The Hall–Kier alpha value is -2.24. The maximum absolute atomic E-state index is 12.4. The molecule has 0 aliphatic rings. The molecule has 0 spiro atoms. The lowest BCUT2D eigenvalue weighted by Crippen LogP contribution is -2.30. The van der Waals surface area contributed by atoms with Gasteiger partial charge in [-0.25, -0.2) is 0 Å². The summed E-state index contributed by atoms with van der Waals surface area (Å²) in [7, 11) is 0. The number of nitrogens with zero attached hydrogens (tertiary/aromatic N) is 1. The van der Waals surface area contributed by atoms with Gasteiger partial charge in [-0.1, -0.05) is 29.3 Å². The molecule has 1 N–H and O–H groups in total. The molecule has 26 heavy (non-hydrogen) atoms. The number of anilines is 1. The smallest absolute Gasteiger partial charge is 0.262 e. The third kappa shape index (κ3) is 5.38. The highest BCUT2D eigenvalue weighted by atomic mass is 35.5. The van der Waals surface area contributed by atoms with Gasteiger partial charge in [0, 0.05) is 35.4 Å². The van der Waals surface area contributed by atoms with Crippen molar-refractivity contribution < 1.29 is 14.3 Å². The summed E-state index contributed by atoms with van der Waals surface area (Å²) in [5.74, 6) is -0.110. The molecule has 0 aliphatic heterocycles. The van der Waals surface area contributed by atoms with Crippen LogP contribution in [0, 0.1) is 0 Å². The normalized spacial score (nSPS) is 10.3. The van der Waals surface area contributed by atoms with Gasteiger partial charge in [0.2, 0.25) is 0 Å². The monoisotopic (exact) mass is 394 g/mol. The number of carbonyl (C=O) groups is 2. The van der Waals surface area contributed by atoms with E-state index in [0.717, 1.165) is 0 Å². The van der Waals surface area contributed by atoms with Crippen molar-refractivity contribution in [3.8, 4) is 5.75 Å². The van der Waals surface area contributed by atoms with Crippen molar-refractivity contribution in [2.75, 3.05) is 25.0 Å². The Kier molecular flexibility index (Phi) is 7.30. The minimum atomic E-state index is -0.367. The van der Waals surface area contributed by atoms with Crippen LogP contribution in [0.4, 0.5) is 5.69 Å². The van der Waals surface area contributed by atoms with Gasteiger partial charge in [-0.15, -0.1) is 0 Å². The van der Waals surface area contributed by atoms with Crippen LogP contribution >= 0.6 is 23.2 Å². The number of halogens is 2. The fourth-order valence-electron chi connectivity index (χ4n) is 2.35. The molecule has 2 rings (SSSR count). The molecule has 0 heterocycles. The summed E-state index contributed by atoms with van der Waals surface area (Å²) < 4.78 is 5.40. The van der Waals surface area contributed by atoms with E-state index in [1.54, 1.807) is 47.4 Å². The van der Waals surface area contributed by atoms with Gasteiger partial charge in [-0.3, -0.25) is 9.59 Å². The topological polar surface area (TPSA) is 58.6 Å². The van der Waals surface area contributed by atoms with Crippen LogP contribution in [0.1, 0.15) is 24.2 Å². The number of rotatable bonds is 7. The Labute approximate surface area is 162 Å². The van der Waals surface area contributed by atoms with Crippen LogP contribution in [-0.2, 0) is 4.79 Å². The molecule has 2 aromatic carbocycles. The second-order valence-corrected chi connectivity index (χ2v) is 6.31. The summed E-state index contributed by atoms with van der Waals surface area (Å²) in [6.07, 6.45) is 0. The number of nitrogens with one attached hydrogen (secondary N) is 1. The van der Waals surface area contributed by atoms with Gasteiger partial charge >= 0.3 is 0 Å². The van der Waals surface area contributed by atoms with Gasteiger partial charge in [0.15, 0.2) is 6.61 Å². The van der Waals surface area contributed by atoms with Crippen LogP contribution in [0.5, 0.6) is 5.75 Å². The fraction of sp³-hybridized carbons (Fsp3) is 0.263. The van der Waals surface area contributed by atoms with E-state index in [1.807, 2.05) is 13.8 Å². The molecule has 2 aromatic rings. The van der Waals surface area contributed by atoms with E-state index in [9.17, 15) is 9.59 Å². The van der Waals surface area contributed by atoms with Crippen molar-refractivity contribution in [3.63, 3.8) is 0 Å². The van der Waals surface area contributed by atoms with Crippen molar-refractivity contribution in [3.05, 3.63) is 58.1 Å². The van der Waals surface area contributed by atoms with Crippen molar-refractivity contribution in [1.29, 1.82) is 0 Å². The zero-order chi connectivity index (χ0) is 19.1. The summed E-state index contributed by atoms with van der Waals surface area (Å²) in [5, 5.41) is 3.54. The first-order valence-electron chi connectivity index (χ1n) is 8.21. The summed E-state index contributed by atoms with van der Waals surface area (Å²) in [4.78, 5) is 26.2. The summed E-state index contributed by atoms with van der Waals surface area (Å²) in [6.45, 7) is 4.87. The van der Waals surface area contributed by atoms with Crippen molar-refractivity contribution >= 4 is 40.7 Å². The van der Waals surface area contributed by atoms with E-state index in [4.69, 9.17) is 27.9 Å². The maximum atomic E-state index is 12.4. The molecule has 0 aromatic heterocycles. The fourth-order valence-corrected chi connectivity index (χ4v) is 2.69. The highest BCUT2D eigenvalue weighted by Crippen LogP contribution is 2.27. The number of benzene rings is 2. The Balaban J connectivity index is 2.00. The third-order valence-electron chi connectivity index (χ3n) is 3.70. The Bertz CT molecular complexity index is 792. The van der Waals surface area contributed by atoms with E-state index < -0.39 is 0 Å². The Morgan fingerprint density at radius 2 is 1.81 bits per heavy atom. The molecular formula is C19H20Cl2N2O3. The highest BCUT2D eigenvalue weighted by molar-refractivity contribution is 6.34. The number of hydrogen-bond donors (Lipinski definition) is 1. The van der Waals surface area contributed by atoms with Crippen LogP contribution in [0.2, 0.25) is 10.0 Å². The number of amides is 2. The summed E-state index contributed by atoms with van der Waals surface area (Å²) in [5.41, 5.74) is 1.04. The predicted molar refractivity (Wildman–Crippen MR) is 104 cm³/mol. The zero-order valence-electron chi connectivity index (χ0n) is 14.6. The molecule has 0 atom stereocenters. The van der Waals surface area contributed by atoms with Crippen LogP contribution in [0.15, 0.2) is 42.5 Å². The largest absolute Gasteiger partial charge is 0.482 e. The standard InChI is InChI=1S/C19H20Cl2N2O3/c1-3-23(4-2)19(25)13-6-5-7-15(10-13)22-18(24)12-26-17-11-14(20)8-9-16(17)21/h5-11H,3-4,12H2,1-2H3,(H,22,24). The first-order chi connectivity index (χ1) is 12.4. The lowest BCUT2D eigenvalue weighted by atomic mass is 10.1. The molecular weight excluding hydrogens is 375 g/mol. The summed E-state index contributed by atoms with van der Waals surface area (Å²) >= 11 is 11.9. The lowest BCUT2D eigenvalue weighted by Gasteiger charge is -2.19.